The van der Waals surface area contributed by atoms with E-state index in [4.69, 9.17) is 4.74 Å². The van der Waals surface area contributed by atoms with Gasteiger partial charge in [0.15, 0.2) is 5.75 Å². The van der Waals surface area contributed by atoms with E-state index in [-0.39, 0.29) is 6.04 Å². The fourth-order valence-electron chi connectivity index (χ4n) is 3.58. The van der Waals surface area contributed by atoms with Gasteiger partial charge in [-0.3, -0.25) is 4.68 Å². The maximum atomic E-state index is 11.3. The second kappa shape index (κ2) is 6.39. The second-order valence-electron chi connectivity index (χ2n) is 7.07. The van der Waals surface area contributed by atoms with Crippen molar-refractivity contribution in [2.75, 3.05) is 7.11 Å². The van der Waals surface area contributed by atoms with Crippen molar-refractivity contribution in [3.05, 3.63) is 11.9 Å². The lowest BCUT2D eigenvalue weighted by Crippen LogP contribution is -2.30. The minimum atomic E-state index is -0.810. The molecule has 1 fully saturated rings. The molecule has 1 aliphatic rings. The zero-order chi connectivity index (χ0) is 15.6. The molecule has 0 saturated heterocycles. The largest absolute Gasteiger partial charge is 0.493 e. The van der Waals surface area contributed by atoms with Crippen molar-refractivity contribution in [1.29, 1.82) is 0 Å². The molecule has 2 rings (SSSR count). The number of hydrogen-bond donors (Lipinski definition) is 1. The Morgan fingerprint density at radius 3 is 2.57 bits per heavy atom. The smallest absolute Gasteiger partial charge is 0.162 e. The van der Waals surface area contributed by atoms with Gasteiger partial charge in [0.25, 0.3) is 0 Å². The summed E-state index contributed by atoms with van der Waals surface area (Å²) in [4.78, 5) is 0. The highest BCUT2D eigenvalue weighted by atomic mass is 16.5. The average Bonchev–Trinajstić information content (AvgIpc) is 2.77. The summed E-state index contributed by atoms with van der Waals surface area (Å²) in [5.41, 5.74) is 0.0554. The summed E-state index contributed by atoms with van der Waals surface area (Å²) in [6.07, 6.45) is 6.66. The Bertz CT molecular complexity index is 467. The minimum absolute atomic E-state index is 0.220. The van der Waals surface area contributed by atoms with Gasteiger partial charge < -0.3 is 9.84 Å². The van der Waals surface area contributed by atoms with Crippen LogP contribution in [-0.2, 0) is 5.60 Å². The van der Waals surface area contributed by atoms with Gasteiger partial charge >= 0.3 is 0 Å². The minimum Gasteiger partial charge on any atom is -0.493 e. The molecule has 4 heteroatoms. The lowest BCUT2D eigenvalue weighted by Gasteiger charge is -2.29. The fraction of sp³-hybridized carbons (Fsp3) is 0.824. The molecule has 1 aromatic heterocycles. The van der Waals surface area contributed by atoms with E-state index in [9.17, 15) is 5.11 Å². The van der Waals surface area contributed by atoms with Crippen LogP contribution in [-0.4, -0.2) is 22.0 Å². The summed E-state index contributed by atoms with van der Waals surface area (Å²) in [5, 5.41) is 15.7. The normalized spacial score (nSPS) is 27.1. The van der Waals surface area contributed by atoms with Crippen LogP contribution in [0, 0.1) is 11.8 Å². The molecule has 1 N–H and O–H groups in total. The van der Waals surface area contributed by atoms with Crippen molar-refractivity contribution in [3.63, 3.8) is 0 Å². The molecule has 1 saturated carbocycles. The van der Waals surface area contributed by atoms with Crippen LogP contribution in [0.5, 0.6) is 5.75 Å². The quantitative estimate of drug-likeness (QED) is 0.857. The Kier molecular flexibility index (Phi) is 4.97. The molecule has 0 aromatic carbocycles. The van der Waals surface area contributed by atoms with Crippen molar-refractivity contribution >= 4 is 0 Å². The molecule has 0 aliphatic heterocycles. The monoisotopic (exact) mass is 294 g/mol. The summed E-state index contributed by atoms with van der Waals surface area (Å²) in [7, 11) is 1.65. The predicted octanol–water partition coefficient (Wildman–Crippen LogP) is 3.90. The van der Waals surface area contributed by atoms with Gasteiger partial charge in [-0.2, -0.15) is 5.10 Å². The van der Waals surface area contributed by atoms with E-state index >= 15 is 0 Å². The first kappa shape index (κ1) is 16.3. The number of methoxy groups -OCH3 is 1. The SMILES string of the molecule is COc1cnn(C(C)C)c1C1(O)CCCC(C(C)C)CC1. The molecular weight excluding hydrogens is 264 g/mol. The van der Waals surface area contributed by atoms with E-state index in [0.717, 1.165) is 31.4 Å². The average molecular weight is 294 g/mol. The molecule has 1 aromatic rings. The summed E-state index contributed by atoms with van der Waals surface area (Å²) < 4.78 is 7.39. The molecule has 0 spiro atoms. The Morgan fingerprint density at radius 1 is 1.29 bits per heavy atom. The molecule has 21 heavy (non-hydrogen) atoms. The summed E-state index contributed by atoms with van der Waals surface area (Å²) in [6, 6.07) is 0.220. The third-order valence-corrected chi connectivity index (χ3v) is 4.95. The maximum Gasteiger partial charge on any atom is 0.162 e. The van der Waals surface area contributed by atoms with E-state index in [1.807, 2.05) is 4.68 Å². The van der Waals surface area contributed by atoms with Crippen molar-refractivity contribution < 1.29 is 9.84 Å². The van der Waals surface area contributed by atoms with Crippen LogP contribution in [0.1, 0.15) is 71.5 Å². The second-order valence-corrected chi connectivity index (χ2v) is 7.07. The Hall–Kier alpha value is -1.03. The van der Waals surface area contributed by atoms with Crippen LogP contribution < -0.4 is 4.74 Å². The van der Waals surface area contributed by atoms with Crippen molar-refractivity contribution in [2.24, 2.45) is 11.8 Å². The van der Waals surface area contributed by atoms with Crippen molar-refractivity contribution in [2.45, 2.75) is 71.4 Å². The van der Waals surface area contributed by atoms with Gasteiger partial charge in [0.05, 0.1) is 13.3 Å². The number of ether oxygens (including phenoxy) is 1. The zero-order valence-electron chi connectivity index (χ0n) is 14.1. The number of aromatic nitrogens is 2. The highest BCUT2D eigenvalue weighted by Crippen LogP contribution is 2.43. The highest BCUT2D eigenvalue weighted by Gasteiger charge is 2.39. The molecule has 2 atom stereocenters. The highest BCUT2D eigenvalue weighted by molar-refractivity contribution is 5.31. The molecule has 4 nitrogen and oxygen atoms in total. The van der Waals surface area contributed by atoms with Gasteiger partial charge in [0.2, 0.25) is 0 Å². The molecule has 0 bridgehead atoms. The first-order valence-corrected chi connectivity index (χ1v) is 8.23. The fourth-order valence-corrected chi connectivity index (χ4v) is 3.58. The van der Waals surface area contributed by atoms with Gasteiger partial charge in [-0.1, -0.05) is 20.3 Å². The van der Waals surface area contributed by atoms with Gasteiger partial charge in [-0.15, -0.1) is 0 Å². The Labute approximate surface area is 128 Å². The van der Waals surface area contributed by atoms with E-state index in [1.54, 1.807) is 13.3 Å². The van der Waals surface area contributed by atoms with Gasteiger partial charge in [0, 0.05) is 6.04 Å². The van der Waals surface area contributed by atoms with Crippen LogP contribution in [0.2, 0.25) is 0 Å². The standard InChI is InChI=1S/C17H30N2O2/c1-12(2)14-7-6-9-17(20,10-8-14)16-15(21-5)11-18-19(16)13(3)4/h11-14,20H,6-10H2,1-5H3. The molecule has 120 valence electrons. The molecular formula is C17H30N2O2. The van der Waals surface area contributed by atoms with E-state index in [2.05, 4.69) is 32.8 Å². The Morgan fingerprint density at radius 2 is 2.00 bits per heavy atom. The summed E-state index contributed by atoms with van der Waals surface area (Å²) in [6.45, 7) is 8.75. The zero-order valence-corrected chi connectivity index (χ0v) is 14.1. The molecule has 1 heterocycles. The molecule has 0 radical (unpaired) electrons. The third kappa shape index (κ3) is 3.25. The van der Waals surface area contributed by atoms with E-state index in [0.29, 0.717) is 17.6 Å². The van der Waals surface area contributed by atoms with Crippen LogP contribution in [0.3, 0.4) is 0 Å². The topological polar surface area (TPSA) is 47.3 Å². The number of hydrogen-bond acceptors (Lipinski definition) is 3. The number of rotatable bonds is 4. The molecule has 0 amide bonds. The van der Waals surface area contributed by atoms with Gasteiger partial charge in [0.1, 0.15) is 11.3 Å². The predicted molar refractivity (Wildman–Crippen MR) is 84.5 cm³/mol. The lowest BCUT2D eigenvalue weighted by molar-refractivity contribution is 0.00712. The molecule has 2 unspecified atom stereocenters. The van der Waals surface area contributed by atoms with Crippen LogP contribution in [0.4, 0.5) is 0 Å². The van der Waals surface area contributed by atoms with Crippen LogP contribution in [0.15, 0.2) is 6.20 Å². The lowest BCUT2D eigenvalue weighted by atomic mass is 9.86. The third-order valence-electron chi connectivity index (χ3n) is 4.95. The summed E-state index contributed by atoms with van der Waals surface area (Å²) >= 11 is 0. The van der Waals surface area contributed by atoms with E-state index in [1.165, 1.54) is 6.42 Å². The summed E-state index contributed by atoms with van der Waals surface area (Å²) in [5.74, 6) is 2.11. The first-order valence-electron chi connectivity index (χ1n) is 8.23. The first-order chi connectivity index (χ1) is 9.89. The van der Waals surface area contributed by atoms with Gasteiger partial charge in [-0.05, 0) is 51.4 Å². The number of nitrogens with zero attached hydrogens (tertiary/aromatic N) is 2. The van der Waals surface area contributed by atoms with Crippen LogP contribution >= 0.6 is 0 Å². The van der Waals surface area contributed by atoms with Gasteiger partial charge in [-0.25, -0.2) is 0 Å². The van der Waals surface area contributed by atoms with Crippen molar-refractivity contribution in [1.82, 2.24) is 9.78 Å². The maximum absolute atomic E-state index is 11.3. The molecule has 1 aliphatic carbocycles. The van der Waals surface area contributed by atoms with Crippen molar-refractivity contribution in [3.8, 4) is 5.75 Å². The Balaban J connectivity index is 2.33. The number of aliphatic hydroxyl groups is 1. The van der Waals surface area contributed by atoms with E-state index < -0.39 is 5.60 Å². The van der Waals surface area contributed by atoms with Crippen LogP contribution in [0.25, 0.3) is 0 Å².